The number of nitrogens with zero attached hydrogens (tertiary/aromatic N) is 4. The van der Waals surface area contributed by atoms with E-state index >= 15 is 0 Å². The van der Waals surface area contributed by atoms with Gasteiger partial charge in [-0.3, -0.25) is 4.68 Å². The van der Waals surface area contributed by atoms with E-state index in [0.29, 0.717) is 11.4 Å². The van der Waals surface area contributed by atoms with Crippen molar-refractivity contribution >= 4 is 27.8 Å². The minimum absolute atomic E-state index is 0.0277. The number of aromatic carboxylic acids is 1. The van der Waals surface area contributed by atoms with E-state index in [1.807, 2.05) is 55.1 Å². The van der Waals surface area contributed by atoms with Gasteiger partial charge in [-0.2, -0.15) is 5.10 Å². The lowest BCUT2D eigenvalue weighted by molar-refractivity contribution is 0.0691. The molecule has 1 N–H and O–H groups in total. The minimum atomic E-state index is -1.04. The van der Waals surface area contributed by atoms with Gasteiger partial charge < -0.3 is 9.67 Å². The first-order chi connectivity index (χ1) is 11.6. The van der Waals surface area contributed by atoms with Gasteiger partial charge >= 0.3 is 5.97 Å². The Morgan fingerprint density at radius 2 is 2.00 bits per heavy atom. The molecule has 0 spiro atoms. The Balaban J connectivity index is 2.16. The van der Waals surface area contributed by atoms with Gasteiger partial charge in [0.15, 0.2) is 0 Å². The summed E-state index contributed by atoms with van der Waals surface area (Å²) in [5, 5.41) is 15.8. The molecule has 0 atom stereocenters. The molecule has 0 radical (unpaired) electrons. The van der Waals surface area contributed by atoms with E-state index in [4.69, 9.17) is 0 Å². The molecule has 4 aromatic rings. The van der Waals surface area contributed by atoms with Crippen molar-refractivity contribution in [2.75, 3.05) is 0 Å². The van der Waals surface area contributed by atoms with Gasteiger partial charge in [-0.25, -0.2) is 9.78 Å². The summed E-state index contributed by atoms with van der Waals surface area (Å²) in [5.74, 6) is -1.04. The Labute approximate surface area is 138 Å². The highest BCUT2D eigenvalue weighted by Crippen LogP contribution is 2.34. The molecular formula is C18H16N4O2. The summed E-state index contributed by atoms with van der Waals surface area (Å²) in [7, 11) is 1.97. The molecule has 0 aliphatic rings. The molecule has 0 unspecified atom stereocenters. The predicted octanol–water partition coefficient (Wildman–Crippen LogP) is 3.31. The topological polar surface area (TPSA) is 72.9 Å². The number of carboxylic acid groups (broad SMARTS) is 1. The molecule has 3 heterocycles. The third-order valence-electron chi connectivity index (χ3n) is 4.31. The van der Waals surface area contributed by atoms with E-state index in [2.05, 4.69) is 10.1 Å². The smallest absolute Gasteiger partial charge is 0.354 e. The third kappa shape index (κ3) is 2.00. The van der Waals surface area contributed by atoms with Crippen LogP contribution >= 0.6 is 0 Å². The number of aromatic nitrogens is 4. The zero-order valence-electron chi connectivity index (χ0n) is 13.4. The number of carbonyl (C=O) groups is 1. The first-order valence-electron chi connectivity index (χ1n) is 7.75. The van der Waals surface area contributed by atoms with Gasteiger partial charge in [-0.15, -0.1) is 0 Å². The van der Waals surface area contributed by atoms with Crippen molar-refractivity contribution < 1.29 is 9.90 Å². The van der Waals surface area contributed by atoms with Crippen LogP contribution in [0.25, 0.3) is 33.2 Å². The maximum Gasteiger partial charge on any atom is 0.354 e. The van der Waals surface area contributed by atoms with Crippen LogP contribution in [0.15, 0.2) is 42.6 Å². The number of hydrogen-bond donors (Lipinski definition) is 1. The molecule has 0 bridgehead atoms. The lowest BCUT2D eigenvalue weighted by atomic mass is 10.1. The van der Waals surface area contributed by atoms with E-state index in [0.717, 1.165) is 28.4 Å². The van der Waals surface area contributed by atoms with Gasteiger partial charge in [0, 0.05) is 36.1 Å². The van der Waals surface area contributed by atoms with E-state index in [9.17, 15) is 9.90 Å². The Hall–Kier alpha value is -3.15. The fourth-order valence-electron chi connectivity index (χ4n) is 3.15. The number of pyridine rings is 1. The van der Waals surface area contributed by atoms with Crippen LogP contribution in [-0.2, 0) is 13.6 Å². The first kappa shape index (κ1) is 14.4. The number of aryl methyl sites for hydroxylation is 2. The lowest BCUT2D eigenvalue weighted by Crippen LogP contribution is -2.03. The van der Waals surface area contributed by atoms with Crippen LogP contribution in [0.3, 0.4) is 0 Å². The standard InChI is InChI=1S/C18H16N4O2/c1-3-22-9-8-13(20-22)16-17-12(10-14(19-16)18(23)24)11-6-4-5-7-15(11)21(17)2/h4-10H,3H2,1-2H3,(H,23,24). The average Bonchev–Trinajstić information content (AvgIpc) is 3.18. The summed E-state index contributed by atoms with van der Waals surface area (Å²) in [4.78, 5) is 15.9. The second-order valence-electron chi connectivity index (χ2n) is 5.69. The van der Waals surface area contributed by atoms with Crippen molar-refractivity contribution in [2.24, 2.45) is 7.05 Å². The summed E-state index contributed by atoms with van der Waals surface area (Å²) in [6.07, 6.45) is 1.87. The van der Waals surface area contributed by atoms with Gasteiger partial charge in [0.2, 0.25) is 0 Å². The zero-order valence-corrected chi connectivity index (χ0v) is 13.4. The summed E-state index contributed by atoms with van der Waals surface area (Å²) < 4.78 is 3.85. The van der Waals surface area contributed by atoms with E-state index in [-0.39, 0.29) is 5.69 Å². The molecule has 1 aromatic carbocycles. The summed E-state index contributed by atoms with van der Waals surface area (Å²) in [6.45, 7) is 2.75. The van der Waals surface area contributed by atoms with Crippen molar-refractivity contribution in [3.05, 3.63) is 48.3 Å². The summed E-state index contributed by atoms with van der Waals surface area (Å²) in [5.41, 5.74) is 3.22. The van der Waals surface area contributed by atoms with Crippen molar-refractivity contribution in [1.82, 2.24) is 19.3 Å². The quantitative estimate of drug-likeness (QED) is 0.628. The van der Waals surface area contributed by atoms with Crippen molar-refractivity contribution in [2.45, 2.75) is 13.5 Å². The number of carboxylic acids is 1. The third-order valence-corrected chi connectivity index (χ3v) is 4.31. The van der Waals surface area contributed by atoms with Crippen molar-refractivity contribution in [1.29, 1.82) is 0 Å². The van der Waals surface area contributed by atoms with E-state index < -0.39 is 5.97 Å². The Kier molecular flexibility index (Phi) is 3.13. The molecule has 24 heavy (non-hydrogen) atoms. The molecule has 0 aliphatic carbocycles. The maximum absolute atomic E-state index is 11.5. The van der Waals surface area contributed by atoms with Crippen LogP contribution in [0.2, 0.25) is 0 Å². The van der Waals surface area contributed by atoms with Crippen molar-refractivity contribution in [3.8, 4) is 11.4 Å². The molecule has 3 aromatic heterocycles. The Morgan fingerprint density at radius 1 is 1.21 bits per heavy atom. The monoisotopic (exact) mass is 320 g/mol. The van der Waals surface area contributed by atoms with Gasteiger partial charge in [0.25, 0.3) is 0 Å². The molecule has 0 aliphatic heterocycles. The molecule has 6 nitrogen and oxygen atoms in total. The molecule has 0 fully saturated rings. The number of hydrogen-bond acceptors (Lipinski definition) is 3. The first-order valence-corrected chi connectivity index (χ1v) is 7.75. The van der Waals surface area contributed by atoms with Crippen LogP contribution in [0.4, 0.5) is 0 Å². The number of benzene rings is 1. The van der Waals surface area contributed by atoms with Gasteiger partial charge in [-0.1, -0.05) is 18.2 Å². The molecule has 0 amide bonds. The second-order valence-corrected chi connectivity index (χ2v) is 5.69. The van der Waals surface area contributed by atoms with Gasteiger partial charge in [0.05, 0.1) is 5.52 Å². The van der Waals surface area contributed by atoms with E-state index in [1.54, 1.807) is 10.7 Å². The lowest BCUT2D eigenvalue weighted by Gasteiger charge is -2.05. The molecule has 0 saturated heterocycles. The Bertz CT molecular complexity index is 1090. The fourth-order valence-corrected chi connectivity index (χ4v) is 3.15. The predicted molar refractivity (Wildman–Crippen MR) is 92.1 cm³/mol. The summed E-state index contributed by atoms with van der Waals surface area (Å²) >= 11 is 0. The van der Waals surface area contributed by atoms with Crippen LogP contribution < -0.4 is 0 Å². The summed E-state index contributed by atoms with van der Waals surface area (Å²) in [6, 6.07) is 11.4. The molecular weight excluding hydrogens is 304 g/mol. The number of fused-ring (bicyclic) bond motifs is 3. The highest BCUT2D eigenvalue weighted by molar-refractivity contribution is 6.13. The second kappa shape index (κ2) is 5.19. The van der Waals surface area contributed by atoms with Crippen LogP contribution in [0, 0.1) is 0 Å². The number of rotatable bonds is 3. The molecule has 4 rings (SSSR count). The van der Waals surface area contributed by atoms with Crippen LogP contribution in [-0.4, -0.2) is 30.4 Å². The van der Waals surface area contributed by atoms with Gasteiger partial charge in [0.1, 0.15) is 17.1 Å². The van der Waals surface area contributed by atoms with Gasteiger partial charge in [-0.05, 0) is 25.1 Å². The SMILES string of the molecule is CCn1ccc(-c2nc(C(=O)O)cc3c4ccccc4n(C)c23)n1. The molecule has 6 heteroatoms. The average molecular weight is 320 g/mol. The fraction of sp³-hybridized carbons (Fsp3) is 0.167. The van der Waals surface area contributed by atoms with E-state index in [1.165, 1.54) is 0 Å². The minimum Gasteiger partial charge on any atom is -0.477 e. The van der Waals surface area contributed by atoms with Crippen LogP contribution in [0.5, 0.6) is 0 Å². The number of para-hydroxylation sites is 1. The highest BCUT2D eigenvalue weighted by Gasteiger charge is 2.19. The zero-order chi connectivity index (χ0) is 16.8. The molecule has 0 saturated carbocycles. The largest absolute Gasteiger partial charge is 0.477 e. The Morgan fingerprint density at radius 3 is 2.71 bits per heavy atom. The molecule has 120 valence electrons. The maximum atomic E-state index is 11.5. The normalized spacial score (nSPS) is 11.4. The van der Waals surface area contributed by atoms with Crippen molar-refractivity contribution in [3.63, 3.8) is 0 Å². The highest BCUT2D eigenvalue weighted by atomic mass is 16.4. The van der Waals surface area contributed by atoms with Crippen LogP contribution in [0.1, 0.15) is 17.4 Å².